The van der Waals surface area contributed by atoms with Gasteiger partial charge < -0.3 is 21.1 Å². The van der Waals surface area contributed by atoms with Gasteiger partial charge in [0.15, 0.2) is 5.96 Å². The predicted octanol–water partition coefficient (Wildman–Crippen LogP) is 2.61. The standard InChI is InChI=1S/C21H26N4O3/c1-4-14(2)25(3)19(26)13-15-5-11-18(12-6-15)28-20(27)16-7-9-17(10-8-16)24-21(22)23/h5-12,14H,4,13H2,1-3H3,(H4,22,23,24). The van der Waals surface area contributed by atoms with Crippen molar-refractivity contribution in [3.8, 4) is 5.75 Å². The third-order valence-corrected chi connectivity index (χ3v) is 4.50. The van der Waals surface area contributed by atoms with Gasteiger partial charge in [0, 0.05) is 13.1 Å². The minimum atomic E-state index is -0.489. The first-order chi connectivity index (χ1) is 13.3. The average molecular weight is 382 g/mol. The van der Waals surface area contributed by atoms with E-state index in [1.54, 1.807) is 53.4 Å². The van der Waals surface area contributed by atoms with Gasteiger partial charge in [-0.25, -0.2) is 9.79 Å². The molecular weight excluding hydrogens is 356 g/mol. The largest absolute Gasteiger partial charge is 0.423 e. The molecule has 2 rings (SSSR count). The van der Waals surface area contributed by atoms with Crippen LogP contribution in [-0.4, -0.2) is 35.8 Å². The lowest BCUT2D eigenvalue weighted by Gasteiger charge is -2.23. The van der Waals surface area contributed by atoms with Crippen LogP contribution in [0.4, 0.5) is 5.69 Å². The number of hydrogen-bond acceptors (Lipinski definition) is 4. The van der Waals surface area contributed by atoms with E-state index in [-0.39, 0.29) is 17.9 Å². The molecule has 0 heterocycles. The second kappa shape index (κ2) is 9.55. The fourth-order valence-electron chi connectivity index (χ4n) is 2.48. The fourth-order valence-corrected chi connectivity index (χ4v) is 2.48. The second-order valence-corrected chi connectivity index (χ2v) is 6.56. The molecule has 0 aromatic heterocycles. The zero-order valence-corrected chi connectivity index (χ0v) is 16.4. The molecule has 1 unspecified atom stereocenters. The lowest BCUT2D eigenvalue weighted by Crippen LogP contribution is -2.35. The van der Waals surface area contributed by atoms with Gasteiger partial charge in [-0.15, -0.1) is 0 Å². The monoisotopic (exact) mass is 382 g/mol. The molecule has 4 N–H and O–H groups in total. The number of nitrogens with two attached hydrogens (primary N) is 2. The van der Waals surface area contributed by atoms with E-state index >= 15 is 0 Å². The Morgan fingerprint density at radius 1 is 1.07 bits per heavy atom. The summed E-state index contributed by atoms with van der Waals surface area (Å²) < 4.78 is 5.36. The van der Waals surface area contributed by atoms with Gasteiger partial charge in [0.1, 0.15) is 5.75 Å². The van der Waals surface area contributed by atoms with E-state index < -0.39 is 5.97 Å². The number of benzene rings is 2. The molecule has 0 spiro atoms. The molecule has 0 aliphatic heterocycles. The Bertz CT molecular complexity index is 841. The average Bonchev–Trinajstić information content (AvgIpc) is 2.68. The summed E-state index contributed by atoms with van der Waals surface area (Å²) >= 11 is 0. The van der Waals surface area contributed by atoms with E-state index in [0.717, 1.165) is 12.0 Å². The maximum Gasteiger partial charge on any atom is 0.343 e. The first-order valence-electron chi connectivity index (χ1n) is 9.06. The van der Waals surface area contributed by atoms with Crippen molar-refractivity contribution < 1.29 is 14.3 Å². The zero-order chi connectivity index (χ0) is 20.7. The van der Waals surface area contributed by atoms with Crippen LogP contribution in [0.5, 0.6) is 5.75 Å². The summed E-state index contributed by atoms with van der Waals surface area (Å²) in [6.45, 7) is 4.07. The topological polar surface area (TPSA) is 111 Å². The van der Waals surface area contributed by atoms with Crippen molar-refractivity contribution in [1.82, 2.24) is 4.90 Å². The number of hydrogen-bond donors (Lipinski definition) is 2. The van der Waals surface area contributed by atoms with Crippen molar-refractivity contribution in [2.75, 3.05) is 7.05 Å². The maximum atomic E-state index is 12.3. The number of esters is 1. The van der Waals surface area contributed by atoms with Gasteiger partial charge in [-0.2, -0.15) is 0 Å². The highest BCUT2D eigenvalue weighted by atomic mass is 16.5. The van der Waals surface area contributed by atoms with E-state index in [9.17, 15) is 9.59 Å². The van der Waals surface area contributed by atoms with E-state index in [1.807, 2.05) is 20.9 Å². The number of amides is 1. The SMILES string of the molecule is CCC(C)N(C)C(=O)Cc1ccc(OC(=O)c2ccc(N=C(N)N)cc2)cc1. The zero-order valence-electron chi connectivity index (χ0n) is 16.4. The Hall–Kier alpha value is -3.35. The minimum absolute atomic E-state index is 0.0516. The van der Waals surface area contributed by atoms with Crippen molar-refractivity contribution in [1.29, 1.82) is 0 Å². The summed E-state index contributed by atoms with van der Waals surface area (Å²) in [6, 6.07) is 13.5. The summed E-state index contributed by atoms with van der Waals surface area (Å²) in [5, 5.41) is 0. The summed E-state index contributed by atoms with van der Waals surface area (Å²) in [5.41, 5.74) is 12.4. The molecular formula is C21H26N4O3. The highest BCUT2D eigenvalue weighted by molar-refractivity contribution is 5.91. The lowest BCUT2D eigenvalue weighted by atomic mass is 10.1. The fraction of sp³-hybridized carbons (Fsp3) is 0.286. The van der Waals surface area contributed by atoms with Crippen LogP contribution in [0, 0.1) is 0 Å². The molecule has 0 aliphatic carbocycles. The van der Waals surface area contributed by atoms with Gasteiger partial charge in [-0.1, -0.05) is 19.1 Å². The minimum Gasteiger partial charge on any atom is -0.423 e. The summed E-state index contributed by atoms with van der Waals surface area (Å²) in [4.78, 5) is 30.2. The van der Waals surface area contributed by atoms with Crippen molar-refractivity contribution in [2.45, 2.75) is 32.7 Å². The van der Waals surface area contributed by atoms with Gasteiger partial charge in [0.25, 0.3) is 0 Å². The molecule has 7 nitrogen and oxygen atoms in total. The van der Waals surface area contributed by atoms with Crippen LogP contribution in [0.25, 0.3) is 0 Å². The Balaban J connectivity index is 1.97. The van der Waals surface area contributed by atoms with Gasteiger partial charge in [-0.05, 0) is 55.3 Å². The molecule has 28 heavy (non-hydrogen) atoms. The maximum absolute atomic E-state index is 12.3. The van der Waals surface area contributed by atoms with E-state index in [4.69, 9.17) is 16.2 Å². The molecule has 7 heteroatoms. The Kier molecular flexibility index (Phi) is 7.14. The normalized spacial score (nSPS) is 11.4. The molecule has 1 amide bonds. The highest BCUT2D eigenvalue weighted by Gasteiger charge is 2.15. The quantitative estimate of drug-likeness (QED) is 0.331. The molecule has 0 fully saturated rings. The van der Waals surface area contributed by atoms with Gasteiger partial charge >= 0.3 is 5.97 Å². The van der Waals surface area contributed by atoms with Crippen LogP contribution in [0.3, 0.4) is 0 Å². The Morgan fingerprint density at radius 2 is 1.68 bits per heavy atom. The molecule has 0 aliphatic rings. The van der Waals surface area contributed by atoms with Crippen LogP contribution in [0.2, 0.25) is 0 Å². The van der Waals surface area contributed by atoms with Gasteiger partial charge in [0.2, 0.25) is 5.91 Å². The van der Waals surface area contributed by atoms with Crippen LogP contribution in [0.1, 0.15) is 36.2 Å². The van der Waals surface area contributed by atoms with Crippen molar-refractivity contribution in [3.05, 3.63) is 59.7 Å². The smallest absolute Gasteiger partial charge is 0.343 e. The molecule has 0 saturated carbocycles. The van der Waals surface area contributed by atoms with Crippen LogP contribution >= 0.6 is 0 Å². The molecule has 0 radical (unpaired) electrons. The van der Waals surface area contributed by atoms with E-state index in [0.29, 0.717) is 23.4 Å². The highest BCUT2D eigenvalue weighted by Crippen LogP contribution is 2.17. The molecule has 0 saturated heterocycles. The van der Waals surface area contributed by atoms with Crippen LogP contribution in [0.15, 0.2) is 53.5 Å². The molecule has 1 atom stereocenters. The summed E-state index contributed by atoms with van der Waals surface area (Å²) in [6.07, 6.45) is 1.21. The summed E-state index contributed by atoms with van der Waals surface area (Å²) in [7, 11) is 1.81. The molecule has 0 bridgehead atoms. The number of likely N-dealkylation sites (N-methyl/N-ethyl adjacent to an activating group) is 1. The number of carbonyl (C=O) groups excluding carboxylic acids is 2. The predicted molar refractivity (Wildman–Crippen MR) is 110 cm³/mol. The number of rotatable bonds is 7. The Morgan fingerprint density at radius 3 is 2.21 bits per heavy atom. The molecule has 148 valence electrons. The van der Waals surface area contributed by atoms with Gasteiger partial charge in [-0.3, -0.25) is 4.79 Å². The van der Waals surface area contributed by atoms with E-state index in [1.165, 1.54) is 0 Å². The lowest BCUT2D eigenvalue weighted by molar-refractivity contribution is -0.131. The number of ether oxygens (including phenoxy) is 1. The van der Waals surface area contributed by atoms with E-state index in [2.05, 4.69) is 4.99 Å². The van der Waals surface area contributed by atoms with Crippen molar-refractivity contribution >= 4 is 23.5 Å². The van der Waals surface area contributed by atoms with Gasteiger partial charge in [0.05, 0.1) is 17.7 Å². The second-order valence-electron chi connectivity index (χ2n) is 6.56. The third kappa shape index (κ3) is 5.84. The number of aliphatic imine (C=N–C) groups is 1. The first-order valence-corrected chi connectivity index (χ1v) is 9.06. The Labute approximate surface area is 165 Å². The third-order valence-electron chi connectivity index (χ3n) is 4.50. The van der Waals surface area contributed by atoms with Crippen molar-refractivity contribution in [3.63, 3.8) is 0 Å². The molecule has 2 aromatic carbocycles. The number of guanidine groups is 1. The van der Waals surface area contributed by atoms with Crippen LogP contribution < -0.4 is 16.2 Å². The first kappa shape index (κ1) is 21.0. The number of nitrogens with zero attached hydrogens (tertiary/aromatic N) is 2. The molecule has 2 aromatic rings. The number of carbonyl (C=O) groups is 2. The van der Waals surface area contributed by atoms with Crippen LogP contribution in [-0.2, 0) is 11.2 Å². The summed E-state index contributed by atoms with van der Waals surface area (Å²) in [5.74, 6) is -0.0782. The van der Waals surface area contributed by atoms with Crippen molar-refractivity contribution in [2.24, 2.45) is 16.5 Å².